The molecule has 3 heteroatoms. The Morgan fingerprint density at radius 2 is 2.17 bits per heavy atom. The van der Waals surface area contributed by atoms with Crippen LogP contribution < -0.4 is 5.32 Å². The van der Waals surface area contributed by atoms with Crippen LogP contribution in [0.3, 0.4) is 0 Å². The monoisotopic (exact) mass is 245 g/mol. The Hall–Kier alpha value is -1.19. The van der Waals surface area contributed by atoms with Crippen molar-refractivity contribution in [2.24, 2.45) is 0 Å². The lowest BCUT2D eigenvalue weighted by molar-refractivity contribution is 0.279. The number of nitrogens with one attached hydrogen (secondary N) is 1. The smallest absolute Gasteiger partial charge is 0.0548 e. The van der Waals surface area contributed by atoms with Gasteiger partial charge in [-0.3, -0.25) is 9.88 Å². The summed E-state index contributed by atoms with van der Waals surface area (Å²) in [6.45, 7) is 9.37. The van der Waals surface area contributed by atoms with E-state index in [-0.39, 0.29) is 0 Å². The molecule has 98 valence electrons. The highest BCUT2D eigenvalue weighted by Gasteiger charge is 2.11. The Morgan fingerprint density at radius 1 is 1.33 bits per heavy atom. The molecule has 0 aliphatic carbocycles. The van der Waals surface area contributed by atoms with Crippen molar-refractivity contribution >= 4 is 0 Å². The highest BCUT2D eigenvalue weighted by Crippen LogP contribution is 2.12. The van der Waals surface area contributed by atoms with E-state index in [2.05, 4.69) is 48.3 Å². The summed E-state index contributed by atoms with van der Waals surface area (Å²) in [6, 6.07) is 6.33. The van der Waals surface area contributed by atoms with Crippen LogP contribution in [0.5, 0.6) is 0 Å². The van der Waals surface area contributed by atoms with Crippen molar-refractivity contribution in [1.29, 1.82) is 0 Å². The summed E-state index contributed by atoms with van der Waals surface area (Å²) < 4.78 is 0. The minimum Gasteiger partial charge on any atom is -0.311 e. The van der Waals surface area contributed by atoms with Crippen molar-refractivity contribution < 1.29 is 0 Å². The van der Waals surface area contributed by atoms with Gasteiger partial charge in [-0.15, -0.1) is 0 Å². The molecule has 0 bridgehead atoms. The largest absolute Gasteiger partial charge is 0.311 e. The second kappa shape index (κ2) is 6.66. The van der Waals surface area contributed by atoms with Gasteiger partial charge in [-0.1, -0.05) is 24.6 Å². The number of pyridine rings is 1. The fraction of sp³-hybridized carbons (Fsp3) is 0.533. The van der Waals surface area contributed by atoms with Crippen LogP contribution in [-0.4, -0.2) is 29.5 Å². The van der Waals surface area contributed by atoms with Crippen LogP contribution in [0.15, 0.2) is 29.8 Å². The first kappa shape index (κ1) is 13.2. The van der Waals surface area contributed by atoms with E-state index in [9.17, 15) is 0 Å². The number of nitrogens with zero attached hydrogens (tertiary/aromatic N) is 2. The van der Waals surface area contributed by atoms with E-state index in [1.807, 2.05) is 0 Å². The minimum atomic E-state index is 0.864. The van der Waals surface area contributed by atoms with Gasteiger partial charge in [0.25, 0.3) is 0 Å². The van der Waals surface area contributed by atoms with E-state index in [4.69, 9.17) is 4.98 Å². The highest BCUT2D eigenvalue weighted by molar-refractivity contribution is 5.12. The van der Waals surface area contributed by atoms with Gasteiger partial charge in [0, 0.05) is 26.2 Å². The molecule has 2 rings (SSSR count). The minimum absolute atomic E-state index is 0.864. The molecule has 0 atom stereocenters. The topological polar surface area (TPSA) is 28.2 Å². The predicted octanol–water partition coefficient (Wildman–Crippen LogP) is 2.34. The van der Waals surface area contributed by atoms with Gasteiger partial charge in [-0.2, -0.15) is 0 Å². The first-order valence-corrected chi connectivity index (χ1v) is 6.81. The molecule has 2 heterocycles. The number of hydrogen-bond donors (Lipinski definition) is 1. The molecular weight excluding hydrogens is 222 g/mol. The Morgan fingerprint density at radius 3 is 2.94 bits per heavy atom. The lowest BCUT2D eigenvalue weighted by atomic mass is 10.1. The normalized spacial score (nSPS) is 16.7. The van der Waals surface area contributed by atoms with Crippen LogP contribution >= 0.6 is 0 Å². The summed E-state index contributed by atoms with van der Waals surface area (Å²) in [5.74, 6) is 0. The molecule has 0 saturated carbocycles. The quantitative estimate of drug-likeness (QED) is 0.807. The summed E-state index contributed by atoms with van der Waals surface area (Å²) in [6.07, 6.45) is 3.51. The third kappa shape index (κ3) is 3.93. The Kier molecular flexibility index (Phi) is 4.90. The summed E-state index contributed by atoms with van der Waals surface area (Å²) >= 11 is 0. The molecule has 1 aromatic heterocycles. The molecule has 1 aromatic rings. The molecular formula is C15H23N3. The average molecular weight is 245 g/mol. The number of aromatic nitrogens is 1. The fourth-order valence-electron chi connectivity index (χ4n) is 2.32. The molecule has 1 N–H and O–H groups in total. The van der Waals surface area contributed by atoms with Gasteiger partial charge in [-0.25, -0.2) is 0 Å². The number of hydrogen-bond acceptors (Lipinski definition) is 3. The van der Waals surface area contributed by atoms with Crippen LogP contribution in [0.2, 0.25) is 0 Å². The summed E-state index contributed by atoms with van der Waals surface area (Å²) in [4.78, 5) is 7.17. The number of rotatable bonds is 5. The maximum atomic E-state index is 4.71. The summed E-state index contributed by atoms with van der Waals surface area (Å²) in [5, 5.41) is 3.32. The molecule has 1 aliphatic rings. The van der Waals surface area contributed by atoms with E-state index in [1.165, 1.54) is 17.7 Å². The molecule has 0 spiro atoms. The van der Waals surface area contributed by atoms with E-state index in [1.54, 1.807) is 0 Å². The van der Waals surface area contributed by atoms with Crippen LogP contribution in [0.4, 0.5) is 0 Å². The van der Waals surface area contributed by atoms with Crippen molar-refractivity contribution in [3.8, 4) is 0 Å². The van der Waals surface area contributed by atoms with Gasteiger partial charge >= 0.3 is 0 Å². The van der Waals surface area contributed by atoms with Gasteiger partial charge in [0.1, 0.15) is 0 Å². The van der Waals surface area contributed by atoms with Crippen LogP contribution in [0, 0.1) is 0 Å². The van der Waals surface area contributed by atoms with Crippen LogP contribution in [0.1, 0.15) is 31.7 Å². The zero-order valence-corrected chi connectivity index (χ0v) is 11.4. The van der Waals surface area contributed by atoms with Gasteiger partial charge in [0.15, 0.2) is 0 Å². The average Bonchev–Trinajstić information content (AvgIpc) is 2.37. The van der Waals surface area contributed by atoms with E-state index >= 15 is 0 Å². The lowest BCUT2D eigenvalue weighted by Gasteiger charge is -2.25. The SMILES string of the molecule is CCNCc1cccc(CN2CCC=C(C)C2)n1. The van der Waals surface area contributed by atoms with E-state index < -0.39 is 0 Å². The maximum Gasteiger partial charge on any atom is 0.0548 e. The van der Waals surface area contributed by atoms with Crippen LogP contribution in [-0.2, 0) is 13.1 Å². The van der Waals surface area contributed by atoms with Gasteiger partial charge in [-0.05, 0) is 32.0 Å². The van der Waals surface area contributed by atoms with Crippen LogP contribution in [0.25, 0.3) is 0 Å². The molecule has 0 radical (unpaired) electrons. The van der Waals surface area contributed by atoms with E-state index in [0.717, 1.165) is 38.4 Å². The first-order chi connectivity index (χ1) is 8.78. The zero-order valence-electron chi connectivity index (χ0n) is 11.4. The molecule has 0 amide bonds. The van der Waals surface area contributed by atoms with Crippen molar-refractivity contribution in [3.63, 3.8) is 0 Å². The van der Waals surface area contributed by atoms with Gasteiger partial charge < -0.3 is 5.32 Å². The lowest BCUT2D eigenvalue weighted by Crippen LogP contribution is -2.29. The molecule has 18 heavy (non-hydrogen) atoms. The Labute approximate surface area is 110 Å². The van der Waals surface area contributed by atoms with E-state index in [0.29, 0.717) is 0 Å². The van der Waals surface area contributed by atoms with Crippen molar-refractivity contribution in [3.05, 3.63) is 41.2 Å². The molecule has 0 fully saturated rings. The fourth-order valence-corrected chi connectivity index (χ4v) is 2.32. The van der Waals surface area contributed by atoms with Gasteiger partial charge in [0.05, 0.1) is 11.4 Å². The molecule has 1 aliphatic heterocycles. The van der Waals surface area contributed by atoms with Crippen molar-refractivity contribution in [2.75, 3.05) is 19.6 Å². The second-order valence-electron chi connectivity index (χ2n) is 4.95. The maximum absolute atomic E-state index is 4.71. The third-order valence-corrected chi connectivity index (χ3v) is 3.22. The summed E-state index contributed by atoms with van der Waals surface area (Å²) in [7, 11) is 0. The standard InChI is InChI=1S/C15H23N3/c1-3-16-10-14-7-4-8-15(17-14)12-18-9-5-6-13(2)11-18/h4,6-8,16H,3,5,9-12H2,1-2H3. The highest BCUT2D eigenvalue weighted by atomic mass is 15.1. The molecule has 3 nitrogen and oxygen atoms in total. The van der Waals surface area contributed by atoms with Crippen molar-refractivity contribution in [2.45, 2.75) is 33.4 Å². The first-order valence-electron chi connectivity index (χ1n) is 6.81. The zero-order chi connectivity index (χ0) is 12.8. The Balaban J connectivity index is 1.94. The third-order valence-electron chi connectivity index (χ3n) is 3.22. The molecule has 0 saturated heterocycles. The summed E-state index contributed by atoms with van der Waals surface area (Å²) in [5.41, 5.74) is 3.80. The van der Waals surface area contributed by atoms with Crippen molar-refractivity contribution in [1.82, 2.24) is 15.2 Å². The Bertz CT molecular complexity index is 412. The second-order valence-corrected chi connectivity index (χ2v) is 4.95. The predicted molar refractivity (Wildman–Crippen MR) is 75.3 cm³/mol. The molecule has 0 unspecified atom stereocenters. The van der Waals surface area contributed by atoms with Gasteiger partial charge in [0.2, 0.25) is 0 Å². The molecule has 0 aromatic carbocycles.